The highest BCUT2D eigenvalue weighted by atomic mass is 32.2. The predicted molar refractivity (Wildman–Crippen MR) is 101 cm³/mol. The number of nitrogens with one attached hydrogen (secondary N) is 2. The van der Waals surface area contributed by atoms with E-state index in [4.69, 9.17) is 4.74 Å². The quantitative estimate of drug-likeness (QED) is 0.737. The number of aromatic nitrogens is 2. The van der Waals surface area contributed by atoms with Crippen LogP contribution >= 0.6 is 11.8 Å². The van der Waals surface area contributed by atoms with Gasteiger partial charge in [0.15, 0.2) is 0 Å². The van der Waals surface area contributed by atoms with Crippen molar-refractivity contribution in [1.29, 1.82) is 0 Å². The van der Waals surface area contributed by atoms with Crippen molar-refractivity contribution in [3.05, 3.63) is 47.2 Å². The van der Waals surface area contributed by atoms with E-state index in [-0.39, 0.29) is 25.0 Å². The maximum absolute atomic E-state index is 12.3. The first-order chi connectivity index (χ1) is 12.7. The van der Waals surface area contributed by atoms with E-state index < -0.39 is 0 Å². The van der Waals surface area contributed by atoms with Gasteiger partial charge in [-0.3, -0.25) is 9.59 Å². The van der Waals surface area contributed by atoms with E-state index >= 15 is 0 Å². The van der Waals surface area contributed by atoms with Crippen LogP contribution in [0.4, 0.5) is 5.82 Å². The summed E-state index contributed by atoms with van der Waals surface area (Å²) in [6.45, 7) is 2.83. The first-order valence-corrected chi connectivity index (χ1v) is 9.67. The molecule has 1 aromatic heterocycles. The Kier molecular flexibility index (Phi) is 6.30. The molecule has 1 aliphatic rings. The lowest BCUT2D eigenvalue weighted by Crippen LogP contribution is -2.29. The Labute approximate surface area is 156 Å². The molecule has 1 aliphatic heterocycles. The molecule has 0 fully saturated rings. The number of amides is 2. The lowest BCUT2D eigenvalue weighted by molar-refractivity contribution is -0.122. The first-order valence-electron chi connectivity index (χ1n) is 8.52. The highest BCUT2D eigenvalue weighted by molar-refractivity contribution is 7.98. The number of fused-ring (bicyclic) bond motifs is 1. The van der Waals surface area contributed by atoms with Gasteiger partial charge in [0.05, 0.1) is 5.69 Å². The summed E-state index contributed by atoms with van der Waals surface area (Å²) in [5.41, 5.74) is 2.96. The first kappa shape index (κ1) is 18.5. The average molecular weight is 374 g/mol. The van der Waals surface area contributed by atoms with Crippen molar-refractivity contribution in [2.75, 3.05) is 18.5 Å². The Balaban J connectivity index is 1.65. The van der Waals surface area contributed by atoms with E-state index in [0.717, 1.165) is 28.3 Å². The average Bonchev–Trinajstić information content (AvgIpc) is 3.22. The summed E-state index contributed by atoms with van der Waals surface area (Å²) in [6, 6.07) is 9.72. The Morgan fingerprint density at radius 3 is 2.81 bits per heavy atom. The largest absolute Gasteiger partial charge is 0.372 e. The highest BCUT2D eigenvalue weighted by Crippen LogP contribution is 2.34. The minimum Gasteiger partial charge on any atom is -0.372 e. The van der Waals surface area contributed by atoms with Gasteiger partial charge in [0.25, 0.3) is 5.91 Å². The zero-order valence-electron chi connectivity index (χ0n) is 14.7. The Hall–Kier alpha value is -2.32. The number of hydrogen-bond acceptors (Lipinski definition) is 5. The van der Waals surface area contributed by atoms with Gasteiger partial charge in [-0.05, 0) is 12.5 Å². The summed E-state index contributed by atoms with van der Waals surface area (Å²) in [5, 5.41) is 10.2. The van der Waals surface area contributed by atoms with Gasteiger partial charge in [0.1, 0.15) is 19.0 Å². The molecule has 0 atom stereocenters. The Bertz CT molecular complexity index is 776. The molecule has 138 valence electrons. The van der Waals surface area contributed by atoms with Crippen LogP contribution in [0.25, 0.3) is 0 Å². The fraction of sp³-hybridized carbons (Fsp3) is 0.389. The van der Waals surface area contributed by atoms with Gasteiger partial charge in [-0.1, -0.05) is 30.3 Å². The van der Waals surface area contributed by atoms with E-state index in [2.05, 4.69) is 15.7 Å². The van der Waals surface area contributed by atoms with Crippen LogP contribution in [0.15, 0.2) is 30.3 Å². The molecule has 0 radical (unpaired) electrons. The third kappa shape index (κ3) is 4.64. The van der Waals surface area contributed by atoms with Gasteiger partial charge < -0.3 is 15.4 Å². The number of carbonyl (C=O) groups is 2. The number of hydrogen-bond donors (Lipinski definition) is 2. The summed E-state index contributed by atoms with van der Waals surface area (Å²) in [5.74, 6) is 1.79. The summed E-state index contributed by atoms with van der Waals surface area (Å²) >= 11 is 1.74. The molecule has 0 aliphatic carbocycles. The number of nitrogens with zero attached hydrogens (tertiary/aromatic N) is 2. The summed E-state index contributed by atoms with van der Waals surface area (Å²) < 4.78 is 6.72. The highest BCUT2D eigenvalue weighted by Gasteiger charge is 2.24. The molecule has 0 spiro atoms. The van der Waals surface area contributed by atoms with E-state index in [1.165, 1.54) is 0 Å². The monoisotopic (exact) mass is 374 g/mol. The van der Waals surface area contributed by atoms with Crippen LogP contribution in [0.5, 0.6) is 0 Å². The molecule has 0 saturated heterocycles. The molecule has 2 N–H and O–H groups in total. The van der Waals surface area contributed by atoms with Crippen LogP contribution in [0, 0.1) is 0 Å². The van der Waals surface area contributed by atoms with Gasteiger partial charge in [-0.2, -0.15) is 16.9 Å². The molecular weight excluding hydrogens is 352 g/mol. The minimum absolute atomic E-state index is 0.0101. The maximum atomic E-state index is 12.3. The second kappa shape index (κ2) is 8.86. The number of carbonyl (C=O) groups excluding carboxylic acids is 2. The van der Waals surface area contributed by atoms with E-state index in [0.29, 0.717) is 19.0 Å². The number of anilines is 1. The summed E-state index contributed by atoms with van der Waals surface area (Å²) in [6.07, 6.45) is 0. The van der Waals surface area contributed by atoms with E-state index in [9.17, 15) is 9.59 Å². The van der Waals surface area contributed by atoms with Crippen molar-refractivity contribution < 1.29 is 14.3 Å². The van der Waals surface area contributed by atoms with Crippen molar-refractivity contribution in [3.63, 3.8) is 0 Å². The Morgan fingerprint density at radius 1 is 1.23 bits per heavy atom. The molecule has 0 saturated carbocycles. The van der Waals surface area contributed by atoms with Gasteiger partial charge in [-0.15, -0.1) is 0 Å². The lowest BCUT2D eigenvalue weighted by Gasteiger charge is -2.11. The Morgan fingerprint density at radius 2 is 2.04 bits per heavy atom. The van der Waals surface area contributed by atoms with E-state index in [1.807, 2.05) is 37.3 Å². The number of thioether (sulfide) groups is 1. The predicted octanol–water partition coefficient (Wildman–Crippen LogP) is 1.92. The molecule has 26 heavy (non-hydrogen) atoms. The van der Waals surface area contributed by atoms with E-state index in [1.54, 1.807) is 16.4 Å². The third-order valence-electron chi connectivity index (χ3n) is 3.94. The number of rotatable bonds is 8. The molecule has 1 aromatic carbocycles. The van der Waals surface area contributed by atoms with Crippen LogP contribution in [0.3, 0.4) is 0 Å². The molecule has 0 bridgehead atoms. The molecule has 8 heteroatoms. The van der Waals surface area contributed by atoms with Gasteiger partial charge in [0, 0.05) is 30.2 Å². The van der Waals surface area contributed by atoms with Crippen molar-refractivity contribution >= 4 is 29.4 Å². The fourth-order valence-electron chi connectivity index (χ4n) is 2.67. The maximum Gasteiger partial charge on any atom is 0.251 e. The van der Waals surface area contributed by atoms with Crippen LogP contribution < -0.4 is 10.6 Å². The zero-order valence-corrected chi connectivity index (χ0v) is 15.5. The second-order valence-corrected chi connectivity index (χ2v) is 6.86. The van der Waals surface area contributed by atoms with Crippen LogP contribution in [-0.2, 0) is 38.9 Å². The van der Waals surface area contributed by atoms with Crippen molar-refractivity contribution in [3.8, 4) is 0 Å². The molecular formula is C18H22N4O3S. The number of benzene rings is 1. The molecule has 2 heterocycles. The van der Waals surface area contributed by atoms with Gasteiger partial charge in [0.2, 0.25) is 5.91 Å². The van der Waals surface area contributed by atoms with Crippen molar-refractivity contribution in [1.82, 2.24) is 15.1 Å². The molecule has 2 amide bonds. The minimum atomic E-state index is -0.239. The second-order valence-electron chi connectivity index (χ2n) is 5.87. The van der Waals surface area contributed by atoms with Crippen LogP contribution in [-0.4, -0.2) is 34.8 Å². The fourth-order valence-corrected chi connectivity index (χ4v) is 3.71. The SMILES string of the molecule is CCOCC(=O)Nc1c2c(nn1CC(=O)NCc1ccccc1)CSC2. The topological polar surface area (TPSA) is 85.2 Å². The third-order valence-corrected chi connectivity index (χ3v) is 4.91. The molecule has 2 aromatic rings. The summed E-state index contributed by atoms with van der Waals surface area (Å²) in [7, 11) is 0. The summed E-state index contributed by atoms with van der Waals surface area (Å²) in [4.78, 5) is 24.3. The number of ether oxygens (including phenoxy) is 1. The molecule has 3 rings (SSSR count). The lowest BCUT2D eigenvalue weighted by atomic mass is 10.2. The normalized spacial score (nSPS) is 12.7. The zero-order chi connectivity index (χ0) is 18.4. The molecule has 7 nitrogen and oxygen atoms in total. The van der Waals surface area contributed by atoms with Crippen molar-refractivity contribution in [2.45, 2.75) is 31.5 Å². The smallest absolute Gasteiger partial charge is 0.251 e. The van der Waals surface area contributed by atoms with Crippen LogP contribution in [0.1, 0.15) is 23.7 Å². The standard InChI is InChI=1S/C18H22N4O3S/c1-2-25-10-17(24)20-18-14-11-26-12-15(14)21-22(18)9-16(23)19-8-13-6-4-3-5-7-13/h3-7H,2,8-12H2,1H3,(H,19,23)(H,20,24). The van der Waals surface area contributed by atoms with Gasteiger partial charge >= 0.3 is 0 Å². The van der Waals surface area contributed by atoms with Gasteiger partial charge in [-0.25, -0.2) is 4.68 Å². The van der Waals surface area contributed by atoms with Crippen molar-refractivity contribution in [2.24, 2.45) is 0 Å². The van der Waals surface area contributed by atoms with Crippen LogP contribution in [0.2, 0.25) is 0 Å². The molecule has 0 unspecified atom stereocenters.